The molecule has 1 aromatic heterocycles. The molecular formula is C14H25N3. The summed E-state index contributed by atoms with van der Waals surface area (Å²) in [6, 6.07) is 2.57. The van der Waals surface area contributed by atoms with E-state index in [1.165, 1.54) is 37.7 Å². The fourth-order valence-electron chi connectivity index (χ4n) is 2.15. The summed E-state index contributed by atoms with van der Waals surface area (Å²) in [6.45, 7) is 6.29. The second kappa shape index (κ2) is 7.38. The number of hydrogen-bond acceptors (Lipinski definition) is 3. The zero-order valence-electron chi connectivity index (χ0n) is 11.6. The van der Waals surface area contributed by atoms with Gasteiger partial charge in [0, 0.05) is 6.04 Å². The summed E-state index contributed by atoms with van der Waals surface area (Å²) < 4.78 is 0. The van der Waals surface area contributed by atoms with Gasteiger partial charge in [-0.05, 0) is 38.9 Å². The molecule has 1 atom stereocenters. The van der Waals surface area contributed by atoms with E-state index in [0.29, 0.717) is 6.04 Å². The number of aryl methyl sites for hydroxylation is 2. The van der Waals surface area contributed by atoms with Crippen LogP contribution in [0.15, 0.2) is 6.07 Å². The second-order valence-corrected chi connectivity index (χ2v) is 4.72. The first-order chi connectivity index (χ1) is 8.19. The van der Waals surface area contributed by atoms with E-state index < -0.39 is 0 Å². The van der Waals surface area contributed by atoms with E-state index in [1.807, 2.05) is 20.9 Å². The van der Waals surface area contributed by atoms with E-state index in [-0.39, 0.29) is 0 Å². The van der Waals surface area contributed by atoms with E-state index in [1.54, 1.807) is 0 Å². The van der Waals surface area contributed by atoms with Crippen LogP contribution in [0.4, 0.5) is 0 Å². The van der Waals surface area contributed by atoms with E-state index >= 15 is 0 Å². The standard InChI is InChI=1S/C14H25N3/c1-5-6-7-8-9-14(15-4)13-10-11(2)16-17-12(13)3/h10,14-15H,5-9H2,1-4H3. The molecule has 17 heavy (non-hydrogen) atoms. The highest BCUT2D eigenvalue weighted by Crippen LogP contribution is 2.22. The number of hydrogen-bond donors (Lipinski definition) is 1. The van der Waals surface area contributed by atoms with Gasteiger partial charge in [-0.3, -0.25) is 0 Å². The predicted molar refractivity (Wildman–Crippen MR) is 72.1 cm³/mol. The molecule has 0 bridgehead atoms. The molecule has 3 nitrogen and oxygen atoms in total. The minimum absolute atomic E-state index is 0.418. The number of nitrogens with zero attached hydrogens (tertiary/aromatic N) is 2. The third-order valence-electron chi connectivity index (χ3n) is 3.21. The summed E-state index contributed by atoms with van der Waals surface area (Å²) >= 11 is 0. The lowest BCUT2D eigenvalue weighted by molar-refractivity contribution is 0.500. The Kier molecular flexibility index (Phi) is 6.12. The van der Waals surface area contributed by atoms with Gasteiger partial charge in [-0.2, -0.15) is 10.2 Å². The molecule has 0 saturated heterocycles. The van der Waals surface area contributed by atoms with Gasteiger partial charge in [0.05, 0.1) is 11.4 Å². The van der Waals surface area contributed by atoms with Crippen LogP contribution < -0.4 is 5.32 Å². The Labute approximate surface area is 105 Å². The Morgan fingerprint density at radius 2 is 1.94 bits per heavy atom. The number of aromatic nitrogens is 2. The Morgan fingerprint density at radius 3 is 2.59 bits per heavy atom. The Hall–Kier alpha value is -0.960. The van der Waals surface area contributed by atoms with Gasteiger partial charge < -0.3 is 5.32 Å². The molecule has 0 aromatic carbocycles. The normalized spacial score (nSPS) is 12.7. The molecule has 0 radical (unpaired) electrons. The van der Waals surface area contributed by atoms with Crippen LogP contribution in [-0.2, 0) is 0 Å². The van der Waals surface area contributed by atoms with Gasteiger partial charge in [0.2, 0.25) is 0 Å². The van der Waals surface area contributed by atoms with Crippen LogP contribution in [-0.4, -0.2) is 17.2 Å². The van der Waals surface area contributed by atoms with Crippen molar-refractivity contribution in [3.63, 3.8) is 0 Å². The van der Waals surface area contributed by atoms with Crippen molar-refractivity contribution in [3.8, 4) is 0 Å². The van der Waals surface area contributed by atoms with Crippen molar-refractivity contribution in [1.82, 2.24) is 15.5 Å². The highest BCUT2D eigenvalue weighted by Gasteiger charge is 2.12. The van der Waals surface area contributed by atoms with Crippen LogP contribution in [0.5, 0.6) is 0 Å². The molecule has 0 fully saturated rings. The zero-order chi connectivity index (χ0) is 12.7. The number of rotatable bonds is 7. The van der Waals surface area contributed by atoms with E-state index in [0.717, 1.165) is 11.4 Å². The topological polar surface area (TPSA) is 37.8 Å². The smallest absolute Gasteiger partial charge is 0.0648 e. The molecule has 1 N–H and O–H groups in total. The van der Waals surface area contributed by atoms with Gasteiger partial charge in [0.1, 0.15) is 0 Å². The summed E-state index contributed by atoms with van der Waals surface area (Å²) in [5.41, 5.74) is 3.35. The fourth-order valence-corrected chi connectivity index (χ4v) is 2.15. The largest absolute Gasteiger partial charge is 0.313 e. The van der Waals surface area contributed by atoms with Gasteiger partial charge in [-0.1, -0.05) is 32.6 Å². The van der Waals surface area contributed by atoms with Crippen molar-refractivity contribution >= 4 is 0 Å². The fraction of sp³-hybridized carbons (Fsp3) is 0.714. The molecule has 1 aromatic rings. The quantitative estimate of drug-likeness (QED) is 0.737. The Bertz CT molecular complexity index is 336. The van der Waals surface area contributed by atoms with Crippen LogP contribution in [0.3, 0.4) is 0 Å². The van der Waals surface area contributed by atoms with Gasteiger partial charge >= 0.3 is 0 Å². The maximum absolute atomic E-state index is 4.20. The first kappa shape index (κ1) is 14.1. The van der Waals surface area contributed by atoms with Gasteiger partial charge in [-0.15, -0.1) is 0 Å². The highest BCUT2D eigenvalue weighted by atomic mass is 15.1. The van der Waals surface area contributed by atoms with Crippen LogP contribution in [0.2, 0.25) is 0 Å². The summed E-state index contributed by atoms with van der Waals surface area (Å²) in [7, 11) is 2.03. The van der Waals surface area contributed by atoms with Crippen molar-refractivity contribution < 1.29 is 0 Å². The van der Waals surface area contributed by atoms with Gasteiger partial charge in [0.15, 0.2) is 0 Å². The lowest BCUT2D eigenvalue weighted by atomic mass is 9.99. The molecular weight excluding hydrogens is 210 g/mol. The van der Waals surface area contributed by atoms with Crippen molar-refractivity contribution in [3.05, 3.63) is 23.0 Å². The van der Waals surface area contributed by atoms with Crippen LogP contribution in [0.1, 0.15) is 62.0 Å². The van der Waals surface area contributed by atoms with E-state index in [4.69, 9.17) is 0 Å². The van der Waals surface area contributed by atoms with Crippen LogP contribution in [0.25, 0.3) is 0 Å². The van der Waals surface area contributed by atoms with E-state index in [9.17, 15) is 0 Å². The molecule has 0 saturated carbocycles. The van der Waals surface area contributed by atoms with Crippen molar-refractivity contribution in [1.29, 1.82) is 0 Å². The highest BCUT2D eigenvalue weighted by molar-refractivity contribution is 5.23. The lowest BCUT2D eigenvalue weighted by Gasteiger charge is -2.18. The summed E-state index contributed by atoms with van der Waals surface area (Å²) in [4.78, 5) is 0. The Morgan fingerprint density at radius 1 is 1.18 bits per heavy atom. The third-order valence-corrected chi connectivity index (χ3v) is 3.21. The zero-order valence-corrected chi connectivity index (χ0v) is 11.6. The maximum atomic E-state index is 4.20. The molecule has 0 aliphatic carbocycles. The maximum Gasteiger partial charge on any atom is 0.0648 e. The van der Waals surface area contributed by atoms with Crippen molar-refractivity contribution in [2.45, 2.75) is 58.9 Å². The lowest BCUT2D eigenvalue weighted by Crippen LogP contribution is -2.18. The number of unbranched alkanes of at least 4 members (excludes halogenated alkanes) is 3. The monoisotopic (exact) mass is 235 g/mol. The molecule has 1 unspecified atom stereocenters. The minimum Gasteiger partial charge on any atom is -0.313 e. The number of nitrogens with one attached hydrogen (secondary N) is 1. The van der Waals surface area contributed by atoms with Crippen molar-refractivity contribution in [2.24, 2.45) is 0 Å². The molecule has 0 aliphatic rings. The molecule has 0 amide bonds. The van der Waals surface area contributed by atoms with Crippen LogP contribution in [0, 0.1) is 13.8 Å². The van der Waals surface area contributed by atoms with Gasteiger partial charge in [0.25, 0.3) is 0 Å². The Balaban J connectivity index is 2.62. The van der Waals surface area contributed by atoms with Crippen LogP contribution >= 0.6 is 0 Å². The summed E-state index contributed by atoms with van der Waals surface area (Å²) in [5, 5.41) is 11.7. The molecule has 1 heterocycles. The molecule has 96 valence electrons. The third kappa shape index (κ3) is 4.43. The van der Waals surface area contributed by atoms with Crippen molar-refractivity contribution in [2.75, 3.05) is 7.05 Å². The molecule has 0 spiro atoms. The average molecular weight is 235 g/mol. The molecule has 0 aliphatic heterocycles. The molecule has 3 heteroatoms. The predicted octanol–water partition coefficient (Wildman–Crippen LogP) is 3.32. The first-order valence-corrected chi connectivity index (χ1v) is 6.67. The van der Waals surface area contributed by atoms with Gasteiger partial charge in [-0.25, -0.2) is 0 Å². The SMILES string of the molecule is CCCCCCC(NC)c1cc(C)nnc1C. The average Bonchev–Trinajstić information content (AvgIpc) is 2.33. The summed E-state index contributed by atoms with van der Waals surface area (Å²) in [5.74, 6) is 0. The molecule has 1 rings (SSSR count). The van der Waals surface area contributed by atoms with E-state index in [2.05, 4.69) is 28.5 Å². The summed E-state index contributed by atoms with van der Waals surface area (Å²) in [6.07, 6.45) is 6.41. The first-order valence-electron chi connectivity index (χ1n) is 6.67. The second-order valence-electron chi connectivity index (χ2n) is 4.72. The minimum atomic E-state index is 0.418.